The summed E-state index contributed by atoms with van der Waals surface area (Å²) in [4.78, 5) is 11.8. The van der Waals surface area contributed by atoms with Gasteiger partial charge in [-0.05, 0) is 0 Å². The minimum atomic E-state index is -1.71. The van der Waals surface area contributed by atoms with Crippen LogP contribution >= 0.6 is 0 Å². The van der Waals surface area contributed by atoms with Gasteiger partial charge in [0, 0.05) is 0 Å². The number of aromatic nitrogens is 4. The molecule has 1 fully saturated rings. The molecule has 0 aromatic carbocycles. The van der Waals surface area contributed by atoms with E-state index < -0.39 is 30.6 Å². The fourth-order valence-corrected chi connectivity index (χ4v) is 2.45. The molecule has 2 aromatic heterocycles. The van der Waals surface area contributed by atoms with Gasteiger partial charge in [-0.15, -0.1) is 0 Å². The summed E-state index contributed by atoms with van der Waals surface area (Å²) in [5.74, 6) is 0.137. The van der Waals surface area contributed by atoms with Gasteiger partial charge < -0.3 is 30.9 Å². The zero-order chi connectivity index (χ0) is 15.2. The van der Waals surface area contributed by atoms with E-state index in [0.717, 1.165) is 0 Å². The molecule has 10 nitrogen and oxygen atoms in total. The number of ether oxygens (including phenoxy) is 1. The second-order valence-electron chi connectivity index (χ2n) is 4.86. The van der Waals surface area contributed by atoms with Gasteiger partial charge in [-0.1, -0.05) is 0 Å². The molecule has 3 heterocycles. The fourth-order valence-electron chi connectivity index (χ4n) is 2.45. The van der Waals surface area contributed by atoms with Crippen LogP contribution in [0.15, 0.2) is 12.7 Å². The van der Waals surface area contributed by atoms with Crippen molar-refractivity contribution in [3.05, 3.63) is 12.7 Å². The molecule has 0 aliphatic carbocycles. The summed E-state index contributed by atoms with van der Waals surface area (Å²) in [5.41, 5.74) is 4.49. The van der Waals surface area contributed by atoms with E-state index in [1.165, 1.54) is 17.2 Å². The highest BCUT2D eigenvalue weighted by Gasteiger charge is 2.51. The lowest BCUT2D eigenvalue weighted by Gasteiger charge is -2.44. The van der Waals surface area contributed by atoms with E-state index in [0.29, 0.717) is 0 Å². The zero-order valence-corrected chi connectivity index (χ0v) is 10.9. The van der Waals surface area contributed by atoms with Gasteiger partial charge in [-0.25, -0.2) is 15.0 Å². The summed E-state index contributed by atoms with van der Waals surface area (Å²) >= 11 is 0. The minimum absolute atomic E-state index is 0.137. The number of rotatable bonds is 2. The van der Waals surface area contributed by atoms with E-state index in [9.17, 15) is 20.4 Å². The molecule has 0 spiro atoms. The Hall–Kier alpha value is -1.85. The first-order chi connectivity index (χ1) is 10.0. The molecule has 21 heavy (non-hydrogen) atoms. The highest BCUT2D eigenvalue weighted by atomic mass is 16.6. The van der Waals surface area contributed by atoms with Crippen molar-refractivity contribution in [3.8, 4) is 0 Å². The van der Waals surface area contributed by atoms with Crippen LogP contribution in [0, 0.1) is 0 Å². The van der Waals surface area contributed by atoms with E-state index in [1.54, 1.807) is 0 Å². The Morgan fingerprint density at radius 2 is 2.10 bits per heavy atom. The van der Waals surface area contributed by atoms with Crippen molar-refractivity contribution in [2.75, 3.05) is 18.9 Å². The summed E-state index contributed by atoms with van der Waals surface area (Å²) in [6, 6.07) is 0. The van der Waals surface area contributed by atoms with Crippen LogP contribution < -0.4 is 5.73 Å². The van der Waals surface area contributed by atoms with Crippen molar-refractivity contribution in [2.45, 2.75) is 24.0 Å². The Morgan fingerprint density at radius 1 is 1.33 bits per heavy atom. The van der Waals surface area contributed by atoms with Crippen LogP contribution in [0.25, 0.3) is 11.2 Å². The molecule has 0 unspecified atom stereocenters. The fraction of sp³-hybridized carbons (Fsp3) is 0.545. The van der Waals surface area contributed by atoms with E-state index in [4.69, 9.17) is 10.5 Å². The number of anilines is 1. The van der Waals surface area contributed by atoms with Crippen molar-refractivity contribution < 1.29 is 25.2 Å². The van der Waals surface area contributed by atoms with Crippen LogP contribution in [0.1, 0.15) is 0 Å². The Kier molecular flexibility index (Phi) is 3.26. The lowest BCUT2D eigenvalue weighted by atomic mass is 9.94. The second-order valence-corrected chi connectivity index (χ2v) is 4.86. The molecule has 10 heteroatoms. The molecule has 0 amide bonds. The maximum Gasteiger partial charge on any atom is 0.199 e. The number of nitrogens with two attached hydrogens (primary N) is 1. The summed E-state index contributed by atoms with van der Waals surface area (Å²) in [6.07, 6.45) is -1.84. The van der Waals surface area contributed by atoms with Crippen LogP contribution in [0.3, 0.4) is 0 Å². The smallest absolute Gasteiger partial charge is 0.199 e. The highest BCUT2D eigenvalue weighted by Crippen LogP contribution is 2.33. The predicted octanol–water partition coefficient (Wildman–Crippen LogP) is -2.83. The molecule has 0 radical (unpaired) electrons. The monoisotopic (exact) mass is 297 g/mol. The Bertz CT molecular complexity index is 663. The lowest BCUT2D eigenvalue weighted by molar-refractivity contribution is -0.282. The molecule has 3 rings (SSSR count). The largest absolute Gasteiger partial charge is 0.391 e. The maximum absolute atomic E-state index is 10.2. The first-order valence-electron chi connectivity index (χ1n) is 6.24. The number of fused-ring (bicyclic) bond motifs is 1. The van der Waals surface area contributed by atoms with Crippen LogP contribution in [0.5, 0.6) is 0 Å². The summed E-state index contributed by atoms with van der Waals surface area (Å²) in [6.45, 7) is -0.924. The van der Waals surface area contributed by atoms with E-state index >= 15 is 0 Å². The van der Waals surface area contributed by atoms with Gasteiger partial charge in [0.1, 0.15) is 30.2 Å². The van der Waals surface area contributed by atoms with Crippen LogP contribution in [-0.4, -0.2) is 71.5 Å². The molecule has 1 aliphatic rings. The normalized spacial score (nSPS) is 33.4. The van der Waals surface area contributed by atoms with Crippen molar-refractivity contribution in [2.24, 2.45) is 0 Å². The molecule has 1 saturated heterocycles. The maximum atomic E-state index is 10.2. The molecule has 0 saturated carbocycles. The minimum Gasteiger partial charge on any atom is -0.391 e. The van der Waals surface area contributed by atoms with Gasteiger partial charge in [-0.2, -0.15) is 0 Å². The van der Waals surface area contributed by atoms with Gasteiger partial charge in [0.15, 0.2) is 17.2 Å². The molecular formula is C11H15N5O5. The molecule has 6 N–H and O–H groups in total. The summed E-state index contributed by atoms with van der Waals surface area (Å²) in [5, 5.41) is 39.4. The van der Waals surface area contributed by atoms with E-state index in [-0.39, 0.29) is 23.6 Å². The van der Waals surface area contributed by atoms with Crippen molar-refractivity contribution >= 4 is 17.0 Å². The third-order valence-corrected chi connectivity index (χ3v) is 3.68. The molecule has 1 aliphatic heterocycles. The average molecular weight is 297 g/mol. The zero-order valence-electron chi connectivity index (χ0n) is 10.9. The number of nitrogens with zero attached hydrogens (tertiary/aromatic N) is 4. The summed E-state index contributed by atoms with van der Waals surface area (Å²) in [7, 11) is 0. The Morgan fingerprint density at radius 3 is 2.81 bits per heavy atom. The third-order valence-electron chi connectivity index (χ3n) is 3.68. The van der Waals surface area contributed by atoms with Gasteiger partial charge in [-0.3, -0.25) is 4.57 Å². The number of aliphatic hydroxyl groups is 4. The number of nitrogen functional groups attached to an aromatic ring is 1. The first-order valence-corrected chi connectivity index (χ1v) is 6.24. The van der Waals surface area contributed by atoms with Gasteiger partial charge in [0.25, 0.3) is 0 Å². The van der Waals surface area contributed by atoms with Crippen LogP contribution in [0.4, 0.5) is 5.82 Å². The SMILES string of the molecule is Nc1ncnc2c1ncn2[C@@]1(CO)OC[C@@H](O)[C@@H](O)[C@@H]1O. The Labute approximate surface area is 118 Å². The van der Waals surface area contributed by atoms with Crippen molar-refractivity contribution in [1.29, 1.82) is 0 Å². The molecule has 4 atom stereocenters. The molecular weight excluding hydrogens is 282 g/mol. The lowest BCUT2D eigenvalue weighted by Crippen LogP contribution is -2.63. The number of hydrogen-bond acceptors (Lipinski definition) is 9. The number of imidazole rings is 1. The second kappa shape index (κ2) is 4.86. The average Bonchev–Trinajstić information content (AvgIpc) is 2.92. The van der Waals surface area contributed by atoms with Gasteiger partial charge >= 0.3 is 0 Å². The first kappa shape index (κ1) is 14.1. The number of aliphatic hydroxyl groups excluding tert-OH is 4. The van der Waals surface area contributed by atoms with Crippen molar-refractivity contribution in [1.82, 2.24) is 19.5 Å². The highest BCUT2D eigenvalue weighted by molar-refractivity contribution is 5.81. The third kappa shape index (κ3) is 1.88. The molecule has 2 aromatic rings. The Balaban J connectivity index is 2.16. The van der Waals surface area contributed by atoms with Gasteiger partial charge in [0.2, 0.25) is 0 Å². The standard InChI is InChI=1S/C11H15N5O5/c12-9-6-10(14-3-13-9)16(4-15-6)11(2-17)8(20)7(19)5(18)1-21-11/h3-5,7-8,17-20H,1-2H2,(H2,12,13,14)/t5-,7-,8+,11+/m1/s1. The van der Waals surface area contributed by atoms with E-state index in [1.807, 2.05) is 0 Å². The quantitative estimate of drug-likeness (QED) is 0.393. The number of hydrogen-bond donors (Lipinski definition) is 5. The molecule has 114 valence electrons. The topological polar surface area (TPSA) is 160 Å². The van der Waals surface area contributed by atoms with E-state index in [2.05, 4.69) is 15.0 Å². The predicted molar refractivity (Wildman–Crippen MR) is 68.8 cm³/mol. The van der Waals surface area contributed by atoms with Crippen molar-refractivity contribution in [3.63, 3.8) is 0 Å². The van der Waals surface area contributed by atoms with Crippen LogP contribution in [-0.2, 0) is 10.5 Å². The van der Waals surface area contributed by atoms with Gasteiger partial charge in [0.05, 0.1) is 19.5 Å². The van der Waals surface area contributed by atoms with Crippen LogP contribution in [0.2, 0.25) is 0 Å². The summed E-state index contributed by atoms with van der Waals surface area (Å²) < 4.78 is 6.69. The molecule has 0 bridgehead atoms.